The van der Waals surface area contributed by atoms with Gasteiger partial charge in [0.05, 0.1) is 13.2 Å². The Balaban J connectivity index is 1.86. The number of ketones is 1. The second-order valence-electron chi connectivity index (χ2n) is 7.13. The molecule has 0 saturated heterocycles. The fraction of sp³-hybridized carbons (Fsp3) is 0.348. The zero-order chi connectivity index (χ0) is 21.5. The van der Waals surface area contributed by atoms with Crippen LogP contribution >= 0.6 is 11.8 Å². The highest BCUT2D eigenvalue weighted by Crippen LogP contribution is 2.30. The van der Waals surface area contributed by atoms with Gasteiger partial charge in [-0.1, -0.05) is 54.2 Å². The normalized spacial score (nSPS) is 14.3. The number of hydrogen-bond acceptors (Lipinski definition) is 7. The molecule has 3 rings (SSSR count). The Morgan fingerprint density at radius 3 is 2.63 bits per heavy atom. The second-order valence-corrected chi connectivity index (χ2v) is 8.33. The van der Waals surface area contributed by atoms with E-state index in [0.29, 0.717) is 24.3 Å². The molecule has 1 heterocycles. The van der Waals surface area contributed by atoms with Crippen LogP contribution in [-0.4, -0.2) is 35.8 Å². The number of benzene rings is 2. The molecule has 7 heteroatoms. The van der Waals surface area contributed by atoms with E-state index in [1.54, 1.807) is 24.3 Å². The zero-order valence-electron chi connectivity index (χ0n) is 16.8. The number of rotatable bonds is 9. The molecule has 2 aromatic rings. The summed E-state index contributed by atoms with van der Waals surface area (Å²) < 4.78 is 11.0. The summed E-state index contributed by atoms with van der Waals surface area (Å²) in [7, 11) is 0. The van der Waals surface area contributed by atoms with Crippen LogP contribution in [0.1, 0.15) is 29.7 Å². The highest BCUT2D eigenvalue weighted by Gasteiger charge is 2.32. The van der Waals surface area contributed by atoms with Crippen LogP contribution in [0.15, 0.2) is 48.5 Å². The van der Waals surface area contributed by atoms with Gasteiger partial charge in [-0.2, -0.15) is 0 Å². The van der Waals surface area contributed by atoms with Crippen LogP contribution in [-0.2, 0) is 32.0 Å². The van der Waals surface area contributed by atoms with Crippen molar-refractivity contribution in [3.63, 3.8) is 0 Å². The quantitative estimate of drug-likeness (QED) is 0.615. The van der Waals surface area contributed by atoms with Crippen molar-refractivity contribution in [1.29, 1.82) is 0 Å². The van der Waals surface area contributed by atoms with Gasteiger partial charge in [0.2, 0.25) is 0 Å². The summed E-state index contributed by atoms with van der Waals surface area (Å²) in [5.41, 5.74) is 8.09. The molecule has 6 nitrogen and oxygen atoms in total. The Bertz CT molecular complexity index is 915. The lowest BCUT2D eigenvalue weighted by Crippen LogP contribution is -2.31. The molecular weight excluding hydrogens is 402 g/mol. The van der Waals surface area contributed by atoms with Crippen molar-refractivity contribution in [3.8, 4) is 5.75 Å². The number of hydrogen-bond donors (Lipinski definition) is 1. The van der Waals surface area contributed by atoms with Crippen LogP contribution in [0.2, 0.25) is 0 Å². The predicted molar refractivity (Wildman–Crippen MR) is 115 cm³/mol. The Kier molecular flexibility index (Phi) is 7.65. The van der Waals surface area contributed by atoms with Crippen molar-refractivity contribution in [2.75, 3.05) is 18.9 Å². The second kappa shape index (κ2) is 10.4. The van der Waals surface area contributed by atoms with Crippen LogP contribution < -0.4 is 10.5 Å². The molecule has 0 amide bonds. The number of nitrogens with two attached hydrogens (primary N) is 1. The van der Waals surface area contributed by atoms with Crippen LogP contribution in [0.5, 0.6) is 5.75 Å². The smallest absolute Gasteiger partial charge is 0.320 e. The summed E-state index contributed by atoms with van der Waals surface area (Å²) in [4.78, 5) is 37.0. The highest BCUT2D eigenvalue weighted by atomic mass is 32.2. The van der Waals surface area contributed by atoms with Crippen LogP contribution in [0.25, 0.3) is 0 Å². The molecule has 0 radical (unpaired) electrons. The number of thioether (sulfide) groups is 1. The first-order valence-electron chi connectivity index (χ1n) is 9.84. The number of carbonyl (C=O) groups excluding carboxylic acids is 3. The topological polar surface area (TPSA) is 95.7 Å². The molecule has 0 aromatic heterocycles. The van der Waals surface area contributed by atoms with Gasteiger partial charge in [-0.3, -0.25) is 14.4 Å². The summed E-state index contributed by atoms with van der Waals surface area (Å²) in [6.45, 7) is 1.82. The molecular formula is C23H25NO5S. The predicted octanol–water partition coefficient (Wildman–Crippen LogP) is 2.87. The first-order chi connectivity index (χ1) is 14.5. The van der Waals surface area contributed by atoms with E-state index in [9.17, 15) is 14.4 Å². The number of fused-ring (bicyclic) bond motifs is 1. The lowest BCUT2D eigenvalue weighted by Gasteiger charge is -2.23. The van der Waals surface area contributed by atoms with Gasteiger partial charge >= 0.3 is 5.97 Å². The Morgan fingerprint density at radius 1 is 1.17 bits per heavy atom. The minimum Gasteiger partial charge on any atom is -0.493 e. The molecule has 2 N–H and O–H groups in total. The molecule has 1 aliphatic rings. The Morgan fingerprint density at radius 2 is 1.93 bits per heavy atom. The van der Waals surface area contributed by atoms with Gasteiger partial charge in [-0.05, 0) is 29.2 Å². The number of Topliss-reactive ketones (excluding diaryl/α,β-unsaturated/α-hetero) is 1. The summed E-state index contributed by atoms with van der Waals surface area (Å²) in [6, 6.07) is 14.8. The summed E-state index contributed by atoms with van der Waals surface area (Å²) in [5, 5.41) is -0.0645. The molecule has 0 saturated carbocycles. The van der Waals surface area contributed by atoms with Crippen LogP contribution in [0.4, 0.5) is 0 Å². The number of carbonyl (C=O) groups is 3. The van der Waals surface area contributed by atoms with E-state index in [1.807, 2.05) is 24.3 Å². The zero-order valence-corrected chi connectivity index (χ0v) is 17.7. The Labute approximate surface area is 180 Å². The minimum absolute atomic E-state index is 0.0645. The summed E-state index contributed by atoms with van der Waals surface area (Å²) >= 11 is 1.10. The van der Waals surface area contributed by atoms with E-state index in [4.69, 9.17) is 15.2 Å². The third-order valence-corrected chi connectivity index (χ3v) is 5.88. The van der Waals surface area contributed by atoms with E-state index in [-0.39, 0.29) is 17.4 Å². The fourth-order valence-corrected chi connectivity index (χ4v) is 4.14. The van der Waals surface area contributed by atoms with Gasteiger partial charge in [0.1, 0.15) is 5.75 Å². The minimum atomic E-state index is -1.06. The standard InChI is InChI=1S/C23H25NO5S/c1-15(25)30-14-19(12-16-7-8-20-18(11-16)9-10-28-20)22(27)23(29-21(26)13-24)17-5-3-2-4-6-17/h2-8,11,19,23H,9-10,12-14,24H2,1H3. The molecule has 2 atom stereocenters. The molecule has 0 aliphatic carbocycles. The first kappa shape index (κ1) is 22.1. The fourth-order valence-electron chi connectivity index (χ4n) is 3.42. The molecule has 158 valence electrons. The first-order valence-corrected chi connectivity index (χ1v) is 10.8. The van der Waals surface area contributed by atoms with E-state index >= 15 is 0 Å². The van der Waals surface area contributed by atoms with Crippen molar-refractivity contribution >= 4 is 28.6 Å². The maximum absolute atomic E-state index is 13.5. The number of esters is 1. The average Bonchev–Trinajstić information content (AvgIpc) is 3.22. The SMILES string of the molecule is CC(=O)SCC(Cc1ccc2c(c1)CCO2)C(=O)C(OC(=O)CN)c1ccccc1. The van der Waals surface area contributed by atoms with Gasteiger partial charge in [0.25, 0.3) is 0 Å². The molecule has 1 aliphatic heterocycles. The average molecular weight is 428 g/mol. The van der Waals surface area contributed by atoms with E-state index in [0.717, 1.165) is 35.1 Å². The summed E-state index contributed by atoms with van der Waals surface area (Å²) in [6.07, 6.45) is 0.221. The van der Waals surface area contributed by atoms with Crippen LogP contribution in [0.3, 0.4) is 0 Å². The lowest BCUT2D eigenvalue weighted by atomic mass is 9.90. The lowest BCUT2D eigenvalue weighted by molar-refractivity contribution is -0.155. The third kappa shape index (κ3) is 5.70. The van der Waals surface area contributed by atoms with Crippen molar-refractivity contribution in [3.05, 3.63) is 65.2 Å². The van der Waals surface area contributed by atoms with E-state index < -0.39 is 18.0 Å². The van der Waals surface area contributed by atoms with Crippen molar-refractivity contribution in [1.82, 2.24) is 0 Å². The largest absolute Gasteiger partial charge is 0.493 e. The third-order valence-electron chi connectivity index (χ3n) is 4.90. The van der Waals surface area contributed by atoms with E-state index in [2.05, 4.69) is 0 Å². The van der Waals surface area contributed by atoms with Gasteiger partial charge in [-0.25, -0.2) is 0 Å². The molecule has 0 spiro atoms. The maximum Gasteiger partial charge on any atom is 0.320 e. The molecule has 2 aromatic carbocycles. The van der Waals surface area contributed by atoms with Gasteiger partial charge in [-0.15, -0.1) is 0 Å². The van der Waals surface area contributed by atoms with Gasteiger partial charge < -0.3 is 15.2 Å². The molecule has 0 fully saturated rings. The van der Waals surface area contributed by atoms with Crippen LogP contribution in [0, 0.1) is 5.92 Å². The summed E-state index contributed by atoms with van der Waals surface area (Å²) in [5.74, 6) is -0.210. The maximum atomic E-state index is 13.5. The molecule has 30 heavy (non-hydrogen) atoms. The molecule has 2 unspecified atom stereocenters. The van der Waals surface area contributed by atoms with Crippen molar-refractivity contribution in [2.24, 2.45) is 11.7 Å². The van der Waals surface area contributed by atoms with Gasteiger partial charge in [0.15, 0.2) is 17.0 Å². The van der Waals surface area contributed by atoms with E-state index in [1.165, 1.54) is 6.92 Å². The van der Waals surface area contributed by atoms with Gasteiger partial charge in [0, 0.05) is 25.0 Å². The molecule has 0 bridgehead atoms. The highest BCUT2D eigenvalue weighted by molar-refractivity contribution is 8.13. The Hall–Kier alpha value is -2.64. The monoisotopic (exact) mass is 427 g/mol. The van der Waals surface area contributed by atoms with Crippen molar-refractivity contribution in [2.45, 2.75) is 25.9 Å². The number of ether oxygens (including phenoxy) is 2. The van der Waals surface area contributed by atoms with Crippen molar-refractivity contribution < 1.29 is 23.9 Å².